The van der Waals surface area contributed by atoms with Gasteiger partial charge in [-0.1, -0.05) is 61.4 Å². The molecule has 8 nitrogen and oxygen atoms in total. The van der Waals surface area contributed by atoms with Crippen LogP contribution in [0.5, 0.6) is 5.75 Å². The highest BCUT2D eigenvalue weighted by Crippen LogP contribution is 2.27. The quantitative estimate of drug-likeness (QED) is 0.299. The first kappa shape index (κ1) is 31.7. The van der Waals surface area contributed by atoms with Crippen LogP contribution in [0.2, 0.25) is 0 Å². The lowest BCUT2D eigenvalue weighted by atomic mass is 10.1. The van der Waals surface area contributed by atoms with E-state index in [1.807, 2.05) is 58.9 Å². The molecule has 3 aromatic carbocycles. The molecule has 0 heterocycles. The van der Waals surface area contributed by atoms with Crippen molar-refractivity contribution in [3.63, 3.8) is 0 Å². The summed E-state index contributed by atoms with van der Waals surface area (Å²) in [7, 11) is -2.60. The molecule has 0 aliphatic heterocycles. The Kier molecular flexibility index (Phi) is 10.9. The minimum absolute atomic E-state index is 0.0643. The fraction of sp³-hybridized carbons (Fsp3) is 0.375. The predicted octanol–water partition coefficient (Wildman–Crippen LogP) is 5.23. The second-order valence-electron chi connectivity index (χ2n) is 10.3. The molecule has 220 valence electrons. The van der Waals surface area contributed by atoms with E-state index in [9.17, 15) is 18.0 Å². The number of rotatable bonds is 13. The van der Waals surface area contributed by atoms with Gasteiger partial charge in [-0.25, -0.2) is 8.42 Å². The van der Waals surface area contributed by atoms with Gasteiger partial charge in [-0.05, 0) is 75.6 Å². The molecule has 0 aromatic heterocycles. The number of nitrogens with one attached hydrogen (secondary N) is 1. The zero-order valence-electron chi connectivity index (χ0n) is 24.8. The van der Waals surface area contributed by atoms with Gasteiger partial charge >= 0.3 is 0 Å². The van der Waals surface area contributed by atoms with Crippen LogP contribution in [0.25, 0.3) is 0 Å². The number of methoxy groups -OCH3 is 1. The topological polar surface area (TPSA) is 96.0 Å². The molecule has 0 saturated heterocycles. The molecule has 0 bridgehead atoms. The number of hydrogen-bond donors (Lipinski definition) is 1. The summed E-state index contributed by atoms with van der Waals surface area (Å²) < 4.78 is 34.3. The van der Waals surface area contributed by atoms with Crippen molar-refractivity contribution in [1.82, 2.24) is 10.2 Å². The maximum atomic E-state index is 14.1. The molecule has 0 unspecified atom stereocenters. The molecule has 1 N–H and O–H groups in total. The Balaban J connectivity index is 2.05. The van der Waals surface area contributed by atoms with Crippen LogP contribution < -0.4 is 14.4 Å². The normalized spacial score (nSPS) is 12.7. The Morgan fingerprint density at radius 1 is 0.854 bits per heavy atom. The Hall–Kier alpha value is -3.85. The van der Waals surface area contributed by atoms with Crippen molar-refractivity contribution in [2.24, 2.45) is 0 Å². The minimum Gasteiger partial charge on any atom is -0.497 e. The van der Waals surface area contributed by atoms with Crippen molar-refractivity contribution in [3.8, 4) is 5.75 Å². The third-order valence-electron chi connectivity index (χ3n) is 7.11. The van der Waals surface area contributed by atoms with Gasteiger partial charge in [0.15, 0.2) is 0 Å². The molecule has 3 rings (SSSR count). The second-order valence-corrected chi connectivity index (χ2v) is 12.1. The smallest absolute Gasteiger partial charge is 0.264 e. The monoisotopic (exact) mass is 579 g/mol. The Labute approximate surface area is 244 Å². The second kappa shape index (κ2) is 14.2. The number of carbonyl (C=O) groups excluding carboxylic acids is 2. The lowest BCUT2D eigenvalue weighted by Gasteiger charge is -2.33. The molecule has 0 radical (unpaired) electrons. The van der Waals surface area contributed by atoms with Crippen LogP contribution in [-0.4, -0.2) is 50.9 Å². The third-order valence-corrected chi connectivity index (χ3v) is 8.90. The highest BCUT2D eigenvalue weighted by Gasteiger charge is 2.34. The van der Waals surface area contributed by atoms with E-state index in [1.54, 1.807) is 36.4 Å². The van der Waals surface area contributed by atoms with Gasteiger partial charge in [0.2, 0.25) is 11.8 Å². The summed E-state index contributed by atoms with van der Waals surface area (Å²) in [5.74, 6) is -0.190. The van der Waals surface area contributed by atoms with Crippen molar-refractivity contribution in [2.75, 3.05) is 18.0 Å². The lowest BCUT2D eigenvalue weighted by Crippen LogP contribution is -2.53. The number of amides is 2. The summed E-state index contributed by atoms with van der Waals surface area (Å²) in [6.45, 7) is 9.26. The molecule has 0 fully saturated rings. The summed E-state index contributed by atoms with van der Waals surface area (Å²) in [5, 5.41) is 2.99. The highest BCUT2D eigenvalue weighted by molar-refractivity contribution is 7.92. The summed E-state index contributed by atoms with van der Waals surface area (Å²) >= 11 is 0. The standard InChI is InChI=1S/C32H41N3O5S/c1-7-25(5)33-32(37)30(8-2)34(21-26-13-9-23(3)10-14-26)31(36)22-35(27-15-17-28(40-6)18-16-27)41(38,39)29-19-11-24(4)12-20-29/h9-20,25,30H,7-8,21-22H2,1-6H3,(H,33,37)/t25-,30+/m1/s1. The lowest BCUT2D eigenvalue weighted by molar-refractivity contribution is -0.140. The van der Waals surface area contributed by atoms with E-state index >= 15 is 0 Å². The summed E-state index contributed by atoms with van der Waals surface area (Å²) in [4.78, 5) is 29.0. The minimum atomic E-state index is -4.13. The largest absolute Gasteiger partial charge is 0.497 e. The van der Waals surface area contributed by atoms with E-state index in [1.165, 1.54) is 24.1 Å². The van der Waals surface area contributed by atoms with Gasteiger partial charge in [0, 0.05) is 12.6 Å². The van der Waals surface area contributed by atoms with E-state index in [0.29, 0.717) is 17.9 Å². The van der Waals surface area contributed by atoms with Gasteiger partial charge in [0.1, 0.15) is 18.3 Å². The molecule has 0 spiro atoms. The first-order valence-electron chi connectivity index (χ1n) is 13.9. The van der Waals surface area contributed by atoms with Crippen LogP contribution in [0.15, 0.2) is 77.7 Å². The predicted molar refractivity (Wildman–Crippen MR) is 162 cm³/mol. The number of anilines is 1. The van der Waals surface area contributed by atoms with Crippen molar-refractivity contribution >= 4 is 27.5 Å². The molecular formula is C32H41N3O5S. The van der Waals surface area contributed by atoms with Crippen molar-refractivity contribution in [1.29, 1.82) is 0 Å². The average molecular weight is 580 g/mol. The van der Waals surface area contributed by atoms with E-state index in [2.05, 4.69) is 5.32 Å². The number of benzene rings is 3. The molecule has 9 heteroatoms. The van der Waals surface area contributed by atoms with E-state index in [4.69, 9.17) is 4.74 Å². The van der Waals surface area contributed by atoms with Crippen LogP contribution in [-0.2, 0) is 26.2 Å². The van der Waals surface area contributed by atoms with Crippen LogP contribution in [0.1, 0.15) is 50.3 Å². The number of ether oxygens (including phenoxy) is 1. The average Bonchev–Trinajstić information content (AvgIpc) is 2.96. The third kappa shape index (κ3) is 8.10. The Morgan fingerprint density at radius 2 is 1.41 bits per heavy atom. The van der Waals surface area contributed by atoms with Gasteiger partial charge in [-0.3, -0.25) is 13.9 Å². The molecular weight excluding hydrogens is 538 g/mol. The molecule has 2 amide bonds. The number of hydrogen-bond acceptors (Lipinski definition) is 5. The van der Waals surface area contributed by atoms with Gasteiger partial charge < -0.3 is 15.0 Å². The SMILES string of the molecule is CC[C@@H](C)NC(=O)[C@H](CC)N(Cc1ccc(C)cc1)C(=O)CN(c1ccc(OC)cc1)S(=O)(=O)c1ccc(C)cc1. The zero-order valence-corrected chi connectivity index (χ0v) is 25.6. The van der Waals surface area contributed by atoms with Crippen molar-refractivity contribution < 1.29 is 22.7 Å². The Bertz CT molecular complexity index is 1410. The Morgan fingerprint density at radius 3 is 1.93 bits per heavy atom. The first-order chi connectivity index (χ1) is 19.5. The summed E-state index contributed by atoms with van der Waals surface area (Å²) in [6, 6.07) is 19.9. The maximum Gasteiger partial charge on any atom is 0.264 e. The molecule has 0 aliphatic carbocycles. The summed E-state index contributed by atoms with van der Waals surface area (Å²) in [5.41, 5.74) is 3.14. The molecule has 2 atom stereocenters. The van der Waals surface area contributed by atoms with Crippen LogP contribution >= 0.6 is 0 Å². The van der Waals surface area contributed by atoms with Crippen LogP contribution in [0.3, 0.4) is 0 Å². The first-order valence-corrected chi connectivity index (χ1v) is 15.3. The van der Waals surface area contributed by atoms with Crippen molar-refractivity contribution in [2.45, 2.75) is 71.0 Å². The number of sulfonamides is 1. The van der Waals surface area contributed by atoms with Crippen molar-refractivity contribution in [3.05, 3.63) is 89.5 Å². The van der Waals surface area contributed by atoms with Gasteiger partial charge in [0.25, 0.3) is 10.0 Å². The molecule has 0 aliphatic rings. The molecule has 3 aromatic rings. The highest BCUT2D eigenvalue weighted by atomic mass is 32.2. The number of carbonyl (C=O) groups is 2. The number of nitrogens with zero attached hydrogens (tertiary/aromatic N) is 2. The molecule has 41 heavy (non-hydrogen) atoms. The van der Waals surface area contributed by atoms with E-state index < -0.39 is 28.5 Å². The van der Waals surface area contributed by atoms with E-state index in [-0.39, 0.29) is 23.4 Å². The molecule has 0 saturated carbocycles. The van der Waals surface area contributed by atoms with Gasteiger partial charge in [-0.15, -0.1) is 0 Å². The summed E-state index contributed by atoms with van der Waals surface area (Å²) in [6.07, 6.45) is 1.11. The number of aryl methyl sites for hydroxylation is 2. The fourth-order valence-corrected chi connectivity index (χ4v) is 5.78. The van der Waals surface area contributed by atoms with Gasteiger partial charge in [-0.2, -0.15) is 0 Å². The van der Waals surface area contributed by atoms with Crippen LogP contribution in [0.4, 0.5) is 5.69 Å². The van der Waals surface area contributed by atoms with E-state index in [0.717, 1.165) is 27.4 Å². The zero-order chi connectivity index (χ0) is 30.2. The fourth-order valence-electron chi connectivity index (χ4n) is 4.37. The maximum absolute atomic E-state index is 14.1. The van der Waals surface area contributed by atoms with Gasteiger partial charge in [0.05, 0.1) is 17.7 Å². The van der Waals surface area contributed by atoms with Crippen LogP contribution in [0, 0.1) is 13.8 Å².